The maximum atomic E-state index is 12.7. The highest BCUT2D eigenvalue weighted by atomic mass is 16.3. The topological polar surface area (TPSA) is 155 Å². The van der Waals surface area contributed by atoms with Crippen molar-refractivity contribution < 1.29 is 14.0 Å². The van der Waals surface area contributed by atoms with Gasteiger partial charge < -0.3 is 21.2 Å². The van der Waals surface area contributed by atoms with Crippen LogP contribution < -0.4 is 16.8 Å². The number of nitrogens with one attached hydrogen (secondary N) is 1. The maximum Gasteiger partial charge on any atom is 0.277 e. The van der Waals surface area contributed by atoms with E-state index in [1.54, 1.807) is 12.1 Å². The highest BCUT2D eigenvalue weighted by Crippen LogP contribution is 2.25. The molecule has 0 fully saturated rings. The Morgan fingerprint density at radius 2 is 1.85 bits per heavy atom. The van der Waals surface area contributed by atoms with E-state index in [9.17, 15) is 9.59 Å². The molecule has 4 rings (SSSR count). The summed E-state index contributed by atoms with van der Waals surface area (Å²) in [5, 5.41) is 6.87. The summed E-state index contributed by atoms with van der Waals surface area (Å²) in [5.74, 6) is -0.856. The molecule has 0 bridgehead atoms. The third-order valence-electron chi connectivity index (χ3n) is 4.96. The van der Waals surface area contributed by atoms with Gasteiger partial charge in [0.25, 0.3) is 11.8 Å². The number of hydrogen-bond donors (Lipinski definition) is 3. The quantitative estimate of drug-likeness (QED) is 0.426. The van der Waals surface area contributed by atoms with Crippen LogP contribution in [0, 0.1) is 0 Å². The van der Waals surface area contributed by atoms with E-state index in [1.165, 1.54) is 23.3 Å². The average molecular weight is 445 g/mol. The van der Waals surface area contributed by atoms with Gasteiger partial charge in [0.15, 0.2) is 11.4 Å². The number of hydrogen-bond acceptors (Lipinski definition) is 7. The summed E-state index contributed by atoms with van der Waals surface area (Å²) >= 11 is 0. The summed E-state index contributed by atoms with van der Waals surface area (Å²) in [4.78, 5) is 32.8. The van der Waals surface area contributed by atoms with Gasteiger partial charge in [-0.3, -0.25) is 9.59 Å². The van der Waals surface area contributed by atoms with Crippen molar-refractivity contribution in [1.29, 1.82) is 0 Å². The molecule has 10 nitrogen and oxygen atoms in total. The summed E-state index contributed by atoms with van der Waals surface area (Å²) < 4.78 is 6.87. The molecule has 0 aliphatic rings. The molecule has 0 saturated carbocycles. The SMILES string of the molecule is CC(C)(C)c1ccc(-n2cc(NC(=O)c3coc(-c4ccnc(N)c4)n3)c(C(N)=O)n2)cc1. The van der Waals surface area contributed by atoms with Crippen LogP contribution >= 0.6 is 0 Å². The number of nitrogens with zero attached hydrogens (tertiary/aromatic N) is 4. The third kappa shape index (κ3) is 4.59. The predicted octanol–water partition coefficient (Wildman–Crippen LogP) is 3.15. The monoisotopic (exact) mass is 445 g/mol. The van der Waals surface area contributed by atoms with Gasteiger partial charge in [-0.15, -0.1) is 0 Å². The van der Waals surface area contributed by atoms with E-state index in [2.05, 4.69) is 41.2 Å². The van der Waals surface area contributed by atoms with E-state index < -0.39 is 11.8 Å². The van der Waals surface area contributed by atoms with Crippen LogP contribution in [0.1, 0.15) is 47.3 Å². The Hall–Kier alpha value is -4.47. The first kappa shape index (κ1) is 21.8. The Labute approximate surface area is 189 Å². The Bertz CT molecular complexity index is 1330. The normalized spacial score (nSPS) is 11.4. The van der Waals surface area contributed by atoms with E-state index in [4.69, 9.17) is 15.9 Å². The van der Waals surface area contributed by atoms with Gasteiger partial charge in [0, 0.05) is 11.8 Å². The molecule has 4 aromatic rings. The molecular formula is C23H23N7O3. The highest BCUT2D eigenvalue weighted by molar-refractivity contribution is 6.07. The Morgan fingerprint density at radius 1 is 1.12 bits per heavy atom. The second kappa shape index (κ2) is 8.23. The smallest absolute Gasteiger partial charge is 0.277 e. The van der Waals surface area contributed by atoms with E-state index in [1.807, 2.05) is 24.3 Å². The molecule has 168 valence electrons. The van der Waals surface area contributed by atoms with Crippen molar-refractivity contribution in [1.82, 2.24) is 19.7 Å². The standard InChI is InChI=1S/C23H23N7O3/c1-23(2,3)14-4-6-15(7-5-14)30-11-16(19(29-30)20(25)31)27-21(32)17-12-33-22(28-17)13-8-9-26-18(24)10-13/h4-12H,1-3H3,(H2,24,26)(H2,25,31)(H,27,32). The van der Waals surface area contributed by atoms with Gasteiger partial charge in [-0.1, -0.05) is 32.9 Å². The van der Waals surface area contributed by atoms with Crippen molar-refractivity contribution in [2.24, 2.45) is 5.73 Å². The van der Waals surface area contributed by atoms with Gasteiger partial charge in [-0.05, 0) is 35.2 Å². The minimum absolute atomic E-state index is 0.00139. The maximum absolute atomic E-state index is 12.7. The number of nitrogen functional groups attached to an aromatic ring is 1. The van der Waals surface area contributed by atoms with Crippen molar-refractivity contribution in [2.75, 3.05) is 11.1 Å². The Balaban J connectivity index is 1.59. The number of nitrogens with two attached hydrogens (primary N) is 2. The molecule has 0 atom stereocenters. The molecule has 0 aliphatic heterocycles. The summed E-state index contributed by atoms with van der Waals surface area (Å²) in [5.41, 5.74) is 13.7. The van der Waals surface area contributed by atoms with Gasteiger partial charge in [0.1, 0.15) is 12.1 Å². The van der Waals surface area contributed by atoms with E-state index in [0.29, 0.717) is 17.1 Å². The second-order valence-corrected chi connectivity index (χ2v) is 8.46. The molecule has 0 saturated heterocycles. The molecule has 3 heterocycles. The van der Waals surface area contributed by atoms with Gasteiger partial charge in [0.2, 0.25) is 5.89 Å². The van der Waals surface area contributed by atoms with Crippen LogP contribution in [0.5, 0.6) is 0 Å². The highest BCUT2D eigenvalue weighted by Gasteiger charge is 2.21. The molecule has 2 amide bonds. The molecule has 3 aromatic heterocycles. The molecule has 0 spiro atoms. The molecule has 0 radical (unpaired) electrons. The van der Waals surface area contributed by atoms with Crippen LogP contribution in [0.15, 0.2) is 59.5 Å². The molecule has 1 aromatic carbocycles. The summed E-state index contributed by atoms with van der Waals surface area (Å²) in [6, 6.07) is 11.0. The van der Waals surface area contributed by atoms with Crippen LogP contribution in [0.25, 0.3) is 17.1 Å². The number of carbonyl (C=O) groups is 2. The van der Waals surface area contributed by atoms with Crippen LogP contribution in [-0.4, -0.2) is 31.6 Å². The predicted molar refractivity (Wildman–Crippen MR) is 123 cm³/mol. The fraction of sp³-hybridized carbons (Fsp3) is 0.174. The number of rotatable bonds is 5. The van der Waals surface area contributed by atoms with E-state index in [0.717, 1.165) is 5.56 Å². The number of anilines is 2. The second-order valence-electron chi connectivity index (χ2n) is 8.46. The van der Waals surface area contributed by atoms with Crippen molar-refractivity contribution in [3.8, 4) is 17.1 Å². The first-order valence-electron chi connectivity index (χ1n) is 10.1. The lowest BCUT2D eigenvalue weighted by atomic mass is 9.87. The Kier molecular flexibility index (Phi) is 5.42. The zero-order chi connectivity index (χ0) is 23.8. The van der Waals surface area contributed by atoms with Crippen LogP contribution in [0.2, 0.25) is 0 Å². The molecule has 5 N–H and O–H groups in total. The fourth-order valence-electron chi connectivity index (χ4n) is 3.17. The van der Waals surface area contributed by atoms with Crippen LogP contribution in [-0.2, 0) is 5.41 Å². The third-order valence-corrected chi connectivity index (χ3v) is 4.96. The van der Waals surface area contributed by atoms with Crippen LogP contribution in [0.4, 0.5) is 11.5 Å². The fourth-order valence-corrected chi connectivity index (χ4v) is 3.17. The molecule has 10 heteroatoms. The van der Waals surface area contributed by atoms with Gasteiger partial charge in [-0.2, -0.15) is 5.10 Å². The lowest BCUT2D eigenvalue weighted by Crippen LogP contribution is -2.18. The number of aromatic nitrogens is 4. The number of primary amides is 1. The largest absolute Gasteiger partial charge is 0.444 e. The summed E-state index contributed by atoms with van der Waals surface area (Å²) in [7, 11) is 0. The summed E-state index contributed by atoms with van der Waals surface area (Å²) in [6.07, 6.45) is 4.24. The first-order valence-corrected chi connectivity index (χ1v) is 10.1. The minimum atomic E-state index is -0.775. The molecule has 0 unspecified atom stereocenters. The lowest BCUT2D eigenvalue weighted by Gasteiger charge is -2.19. The number of amides is 2. The molecule has 33 heavy (non-hydrogen) atoms. The van der Waals surface area contributed by atoms with Gasteiger partial charge >= 0.3 is 0 Å². The van der Waals surface area contributed by atoms with Crippen molar-refractivity contribution >= 4 is 23.3 Å². The lowest BCUT2D eigenvalue weighted by molar-refractivity contribution is 0.0996. The zero-order valence-corrected chi connectivity index (χ0v) is 18.4. The van der Waals surface area contributed by atoms with Crippen molar-refractivity contribution in [3.63, 3.8) is 0 Å². The zero-order valence-electron chi connectivity index (χ0n) is 18.4. The van der Waals surface area contributed by atoms with Gasteiger partial charge in [-0.25, -0.2) is 14.6 Å². The number of pyridine rings is 1. The summed E-state index contributed by atoms with van der Waals surface area (Å²) in [6.45, 7) is 6.36. The Morgan fingerprint density at radius 3 is 2.48 bits per heavy atom. The number of oxazole rings is 1. The van der Waals surface area contributed by atoms with Crippen molar-refractivity contribution in [3.05, 3.63) is 72.0 Å². The molecule has 0 aliphatic carbocycles. The first-order chi connectivity index (χ1) is 15.6. The van der Waals surface area contributed by atoms with Crippen molar-refractivity contribution in [2.45, 2.75) is 26.2 Å². The minimum Gasteiger partial charge on any atom is -0.444 e. The number of carbonyl (C=O) groups excluding carboxylic acids is 2. The van der Waals surface area contributed by atoms with Crippen LogP contribution in [0.3, 0.4) is 0 Å². The van der Waals surface area contributed by atoms with E-state index >= 15 is 0 Å². The molecular weight excluding hydrogens is 422 g/mol. The average Bonchev–Trinajstić information content (AvgIpc) is 3.41. The number of benzene rings is 1. The van der Waals surface area contributed by atoms with E-state index in [-0.39, 0.29) is 28.4 Å². The van der Waals surface area contributed by atoms with Gasteiger partial charge in [0.05, 0.1) is 17.6 Å².